The third-order valence-electron chi connectivity index (χ3n) is 3.56. The van der Waals surface area contributed by atoms with Crippen molar-refractivity contribution in [1.29, 1.82) is 0 Å². The zero-order valence-corrected chi connectivity index (χ0v) is 14.9. The van der Waals surface area contributed by atoms with Crippen LogP contribution in [-0.4, -0.2) is 6.61 Å². The van der Waals surface area contributed by atoms with Crippen molar-refractivity contribution in [3.05, 3.63) is 87.9 Å². The van der Waals surface area contributed by atoms with E-state index < -0.39 is 6.61 Å². The quantitative estimate of drug-likeness (QED) is 0.375. The molecule has 0 atom stereocenters. The Labute approximate surface area is 150 Å². The fourth-order valence-electron chi connectivity index (χ4n) is 2.34. The first-order valence-corrected chi connectivity index (χ1v) is 8.66. The first-order valence-electron chi connectivity index (χ1n) is 7.84. The van der Waals surface area contributed by atoms with E-state index in [0.29, 0.717) is 6.42 Å². The molecular weight excluding hydrogens is 340 g/mol. The summed E-state index contributed by atoms with van der Waals surface area (Å²) in [5.41, 5.74) is 9.05. The molecule has 0 bridgehead atoms. The number of benzene rings is 1. The molecule has 0 aliphatic rings. The number of allylic oxidation sites excluding steroid dienone is 4. The lowest BCUT2D eigenvalue weighted by atomic mass is 10.0. The van der Waals surface area contributed by atoms with Crippen molar-refractivity contribution in [3.63, 3.8) is 0 Å². The van der Waals surface area contributed by atoms with E-state index in [4.69, 9.17) is 5.73 Å². The summed E-state index contributed by atoms with van der Waals surface area (Å²) >= 11 is 1.70. The van der Waals surface area contributed by atoms with Crippen LogP contribution in [0.5, 0.6) is 0 Å². The number of halogens is 2. The molecule has 0 amide bonds. The van der Waals surface area contributed by atoms with Gasteiger partial charge in [0, 0.05) is 28.3 Å². The van der Waals surface area contributed by atoms with Gasteiger partial charge in [-0.2, -0.15) is 8.78 Å². The van der Waals surface area contributed by atoms with Crippen LogP contribution in [0.1, 0.15) is 20.9 Å². The molecule has 2 rings (SSSR count). The zero-order valence-electron chi connectivity index (χ0n) is 14.0. The summed E-state index contributed by atoms with van der Waals surface area (Å²) in [6, 6.07) is 10.1. The minimum absolute atomic E-state index is 0.0946. The van der Waals surface area contributed by atoms with Crippen molar-refractivity contribution in [3.8, 4) is 0 Å². The van der Waals surface area contributed by atoms with Gasteiger partial charge in [0.25, 0.3) is 0 Å². The van der Waals surface area contributed by atoms with Crippen molar-refractivity contribution in [1.82, 2.24) is 0 Å². The monoisotopic (exact) mass is 361 g/mol. The van der Waals surface area contributed by atoms with E-state index >= 15 is 0 Å². The first-order chi connectivity index (χ1) is 12.0. The highest BCUT2D eigenvalue weighted by molar-refractivity contribution is 7.12. The number of thiophene rings is 1. The van der Waals surface area contributed by atoms with Crippen LogP contribution in [0.2, 0.25) is 0 Å². The number of ether oxygens (including phenoxy) is 1. The third-order valence-corrected chi connectivity index (χ3v) is 4.67. The Kier molecular flexibility index (Phi) is 6.95. The van der Waals surface area contributed by atoms with Crippen molar-refractivity contribution >= 4 is 17.0 Å². The fraction of sp³-hybridized carbons (Fsp3) is 0.200. The van der Waals surface area contributed by atoms with E-state index in [-0.39, 0.29) is 5.76 Å². The smallest absolute Gasteiger partial charge is 0.387 e. The van der Waals surface area contributed by atoms with Crippen LogP contribution < -0.4 is 5.73 Å². The highest BCUT2D eigenvalue weighted by atomic mass is 32.1. The standard InChI is InChI=1S/C20H21F2NOS/c1-3-5-17(24-20(21)22)6-4-7-18-10-11-19(25-18)13-15-12-16(23)9-8-14(15)2/h3-6,8-12,20H,1,7,13,23H2,2H3/b6-4+,17-5+. The normalized spacial score (nSPS) is 12.1. The molecule has 25 heavy (non-hydrogen) atoms. The van der Waals surface area contributed by atoms with Crippen LogP contribution in [0.25, 0.3) is 0 Å². The van der Waals surface area contributed by atoms with Gasteiger partial charge in [0.05, 0.1) is 0 Å². The van der Waals surface area contributed by atoms with E-state index in [1.165, 1.54) is 34.2 Å². The summed E-state index contributed by atoms with van der Waals surface area (Å²) in [5, 5.41) is 0. The number of aryl methyl sites for hydroxylation is 1. The van der Waals surface area contributed by atoms with Crippen LogP contribution in [0, 0.1) is 6.92 Å². The number of hydrogen-bond donors (Lipinski definition) is 1. The van der Waals surface area contributed by atoms with Gasteiger partial charge in [-0.1, -0.05) is 24.8 Å². The minimum Gasteiger partial charge on any atom is -0.435 e. The number of hydrogen-bond acceptors (Lipinski definition) is 3. The molecule has 0 aliphatic heterocycles. The van der Waals surface area contributed by atoms with Crippen molar-refractivity contribution in [2.75, 3.05) is 5.73 Å². The van der Waals surface area contributed by atoms with Crippen LogP contribution in [-0.2, 0) is 17.6 Å². The Balaban J connectivity index is 1.99. The Hall–Kier alpha value is -2.40. The molecule has 0 spiro atoms. The second-order valence-electron chi connectivity index (χ2n) is 5.52. The van der Waals surface area contributed by atoms with Crippen LogP contribution in [0.3, 0.4) is 0 Å². The molecule has 0 saturated carbocycles. The highest BCUT2D eigenvalue weighted by Gasteiger charge is 2.05. The fourth-order valence-corrected chi connectivity index (χ4v) is 3.36. The maximum Gasteiger partial charge on any atom is 0.387 e. The van der Waals surface area contributed by atoms with Gasteiger partial charge < -0.3 is 10.5 Å². The van der Waals surface area contributed by atoms with Gasteiger partial charge in [-0.3, -0.25) is 0 Å². The summed E-state index contributed by atoms with van der Waals surface area (Å²) in [6.07, 6.45) is 7.65. The molecule has 2 aromatic rings. The average Bonchev–Trinajstić information content (AvgIpc) is 2.98. The zero-order chi connectivity index (χ0) is 18.2. The van der Waals surface area contributed by atoms with Gasteiger partial charge >= 0.3 is 6.61 Å². The van der Waals surface area contributed by atoms with E-state index in [1.54, 1.807) is 17.4 Å². The Morgan fingerprint density at radius 3 is 2.76 bits per heavy atom. The Morgan fingerprint density at radius 2 is 2.04 bits per heavy atom. The molecule has 0 fully saturated rings. The van der Waals surface area contributed by atoms with E-state index in [2.05, 4.69) is 30.4 Å². The predicted octanol–water partition coefficient (Wildman–Crippen LogP) is 5.64. The Bertz CT molecular complexity index is 778. The average molecular weight is 361 g/mol. The lowest BCUT2D eigenvalue weighted by Crippen LogP contribution is -1.96. The molecule has 0 aliphatic carbocycles. The van der Waals surface area contributed by atoms with Crippen LogP contribution >= 0.6 is 11.3 Å². The molecule has 0 saturated heterocycles. The second kappa shape index (κ2) is 9.18. The number of nitrogens with two attached hydrogens (primary N) is 1. The topological polar surface area (TPSA) is 35.2 Å². The van der Waals surface area contributed by atoms with Gasteiger partial charge in [0.15, 0.2) is 0 Å². The first kappa shape index (κ1) is 18.9. The van der Waals surface area contributed by atoms with Crippen molar-refractivity contribution in [2.45, 2.75) is 26.4 Å². The maximum atomic E-state index is 12.3. The molecular formula is C20H21F2NOS. The third kappa shape index (κ3) is 6.19. The molecule has 0 radical (unpaired) electrons. The molecule has 1 aromatic carbocycles. The van der Waals surface area contributed by atoms with E-state index in [1.807, 2.05) is 18.2 Å². The predicted molar refractivity (Wildman–Crippen MR) is 101 cm³/mol. The number of rotatable bonds is 8. The van der Waals surface area contributed by atoms with Crippen LogP contribution in [0.15, 0.2) is 67.0 Å². The molecule has 2 N–H and O–H groups in total. The number of anilines is 1. The Morgan fingerprint density at radius 1 is 1.28 bits per heavy atom. The number of alkyl halides is 2. The molecule has 5 heteroatoms. The molecule has 1 heterocycles. The summed E-state index contributed by atoms with van der Waals surface area (Å²) < 4.78 is 29.0. The number of nitrogen functional groups attached to an aromatic ring is 1. The molecule has 2 nitrogen and oxygen atoms in total. The summed E-state index contributed by atoms with van der Waals surface area (Å²) in [5.74, 6) is 0.0946. The maximum absolute atomic E-state index is 12.3. The van der Waals surface area contributed by atoms with Gasteiger partial charge in [0.1, 0.15) is 5.76 Å². The molecule has 0 unspecified atom stereocenters. The van der Waals surface area contributed by atoms with Gasteiger partial charge in [-0.15, -0.1) is 11.3 Å². The second-order valence-corrected chi connectivity index (χ2v) is 6.77. The summed E-state index contributed by atoms with van der Waals surface area (Å²) in [4.78, 5) is 2.39. The lowest BCUT2D eigenvalue weighted by Gasteiger charge is -2.05. The van der Waals surface area contributed by atoms with Crippen molar-refractivity contribution < 1.29 is 13.5 Å². The van der Waals surface area contributed by atoms with E-state index in [9.17, 15) is 8.78 Å². The van der Waals surface area contributed by atoms with E-state index in [0.717, 1.165) is 17.0 Å². The molecule has 132 valence electrons. The van der Waals surface area contributed by atoms with Crippen molar-refractivity contribution in [2.24, 2.45) is 0 Å². The summed E-state index contributed by atoms with van der Waals surface area (Å²) in [6.45, 7) is 2.72. The highest BCUT2D eigenvalue weighted by Crippen LogP contribution is 2.23. The largest absolute Gasteiger partial charge is 0.435 e. The van der Waals surface area contributed by atoms with Gasteiger partial charge in [-0.05, 0) is 54.5 Å². The van der Waals surface area contributed by atoms with Crippen LogP contribution in [0.4, 0.5) is 14.5 Å². The summed E-state index contributed by atoms with van der Waals surface area (Å²) in [7, 11) is 0. The molecule has 1 aromatic heterocycles. The van der Waals surface area contributed by atoms with Gasteiger partial charge in [0.2, 0.25) is 0 Å². The minimum atomic E-state index is -2.84. The SMILES string of the molecule is C=C/C=C(\C=C\Cc1ccc(Cc2cc(N)ccc2C)s1)OC(F)F. The lowest BCUT2D eigenvalue weighted by molar-refractivity contribution is -0.0920. The van der Waals surface area contributed by atoms with Gasteiger partial charge in [-0.25, -0.2) is 0 Å².